The van der Waals surface area contributed by atoms with E-state index < -0.39 is 0 Å². The molecule has 1 atom stereocenters. The van der Waals surface area contributed by atoms with E-state index in [0.29, 0.717) is 6.04 Å². The Bertz CT molecular complexity index is 204. The molecule has 1 aromatic heterocycles. The molecule has 1 unspecified atom stereocenters. The molecule has 2 nitrogen and oxygen atoms in total. The quantitative estimate of drug-likeness (QED) is 0.692. The van der Waals surface area contributed by atoms with E-state index in [4.69, 9.17) is 0 Å². The Balaban J connectivity index is 2.47. The minimum atomic E-state index is 0.538. The van der Waals surface area contributed by atoms with Crippen LogP contribution in [0.5, 0.6) is 0 Å². The molecule has 0 saturated carbocycles. The molecule has 1 rings (SSSR count). The van der Waals surface area contributed by atoms with Crippen molar-refractivity contribution in [2.75, 3.05) is 6.54 Å². The van der Waals surface area contributed by atoms with E-state index in [2.05, 4.69) is 36.4 Å². The fraction of sp³-hybridized carbons (Fsp3) is 0.636. The number of aromatic amines is 1. The Morgan fingerprint density at radius 1 is 1.38 bits per heavy atom. The van der Waals surface area contributed by atoms with Gasteiger partial charge >= 0.3 is 0 Å². The van der Waals surface area contributed by atoms with Crippen LogP contribution in [0.2, 0.25) is 0 Å². The van der Waals surface area contributed by atoms with Crippen molar-refractivity contribution in [3.63, 3.8) is 0 Å². The van der Waals surface area contributed by atoms with Crippen LogP contribution in [0, 0.1) is 0 Å². The van der Waals surface area contributed by atoms with E-state index in [1.807, 2.05) is 6.20 Å². The van der Waals surface area contributed by atoms with E-state index in [-0.39, 0.29) is 0 Å². The topological polar surface area (TPSA) is 27.8 Å². The monoisotopic (exact) mass is 180 g/mol. The third kappa shape index (κ3) is 3.23. The maximum absolute atomic E-state index is 3.55. The van der Waals surface area contributed by atoms with Gasteiger partial charge in [-0.05, 0) is 31.0 Å². The molecule has 1 aromatic rings. The Morgan fingerprint density at radius 2 is 2.23 bits per heavy atom. The van der Waals surface area contributed by atoms with Crippen molar-refractivity contribution >= 4 is 0 Å². The minimum Gasteiger partial charge on any atom is -0.367 e. The maximum Gasteiger partial charge on any atom is 0.0335 e. The molecule has 0 saturated heterocycles. The predicted octanol–water partition coefficient (Wildman–Crippen LogP) is 2.86. The number of hydrogen-bond donors (Lipinski definition) is 2. The number of hydrogen-bond acceptors (Lipinski definition) is 1. The lowest BCUT2D eigenvalue weighted by Crippen LogP contribution is -2.21. The summed E-state index contributed by atoms with van der Waals surface area (Å²) >= 11 is 0. The van der Waals surface area contributed by atoms with E-state index in [1.165, 1.54) is 24.8 Å². The smallest absolute Gasteiger partial charge is 0.0335 e. The molecule has 0 aromatic carbocycles. The maximum atomic E-state index is 3.55. The van der Waals surface area contributed by atoms with Gasteiger partial charge in [-0.3, -0.25) is 0 Å². The summed E-state index contributed by atoms with van der Waals surface area (Å²) in [6, 6.07) is 2.69. The molecular weight excluding hydrogens is 160 g/mol. The highest BCUT2D eigenvalue weighted by Gasteiger charge is 2.08. The van der Waals surface area contributed by atoms with Gasteiger partial charge in [0.15, 0.2) is 0 Å². The van der Waals surface area contributed by atoms with Crippen molar-refractivity contribution < 1.29 is 0 Å². The van der Waals surface area contributed by atoms with Crippen LogP contribution in [0.4, 0.5) is 0 Å². The molecule has 0 fully saturated rings. The molecule has 0 spiro atoms. The van der Waals surface area contributed by atoms with Gasteiger partial charge in [0.1, 0.15) is 0 Å². The van der Waals surface area contributed by atoms with Crippen molar-refractivity contribution in [1.29, 1.82) is 0 Å². The first kappa shape index (κ1) is 10.3. The van der Waals surface area contributed by atoms with Crippen LogP contribution >= 0.6 is 0 Å². The molecular formula is C11H20N2. The van der Waals surface area contributed by atoms with Gasteiger partial charge in [-0.2, -0.15) is 0 Å². The van der Waals surface area contributed by atoms with Gasteiger partial charge in [0, 0.05) is 18.4 Å². The average Bonchev–Trinajstić information content (AvgIpc) is 2.65. The predicted molar refractivity (Wildman–Crippen MR) is 56.7 cm³/mol. The summed E-state index contributed by atoms with van der Waals surface area (Å²) in [6.07, 6.45) is 7.73. The van der Waals surface area contributed by atoms with Crippen LogP contribution in [-0.2, 0) is 0 Å². The van der Waals surface area contributed by atoms with Gasteiger partial charge < -0.3 is 10.3 Å². The molecule has 0 aliphatic carbocycles. The second-order valence-corrected chi connectivity index (χ2v) is 3.44. The lowest BCUT2D eigenvalue weighted by molar-refractivity contribution is 0.494. The van der Waals surface area contributed by atoms with E-state index in [1.54, 1.807) is 0 Å². The molecule has 0 aliphatic rings. The van der Waals surface area contributed by atoms with Crippen LogP contribution in [-0.4, -0.2) is 11.5 Å². The minimum absolute atomic E-state index is 0.538. The SMILES string of the molecule is CCCNC(CCC)c1cc[nH]c1. The Kier molecular flexibility index (Phi) is 4.61. The highest BCUT2D eigenvalue weighted by atomic mass is 14.9. The summed E-state index contributed by atoms with van der Waals surface area (Å²) in [5.41, 5.74) is 1.38. The molecule has 0 bridgehead atoms. The van der Waals surface area contributed by atoms with Crippen molar-refractivity contribution in [1.82, 2.24) is 10.3 Å². The first-order valence-electron chi connectivity index (χ1n) is 5.24. The van der Waals surface area contributed by atoms with Crippen molar-refractivity contribution in [2.24, 2.45) is 0 Å². The van der Waals surface area contributed by atoms with Crippen molar-refractivity contribution in [3.05, 3.63) is 24.0 Å². The Hall–Kier alpha value is -0.760. The molecule has 2 N–H and O–H groups in total. The molecule has 1 heterocycles. The Labute approximate surface area is 80.7 Å². The summed E-state index contributed by atoms with van der Waals surface area (Å²) in [5.74, 6) is 0. The zero-order chi connectivity index (χ0) is 9.52. The number of aromatic nitrogens is 1. The molecule has 2 heteroatoms. The largest absolute Gasteiger partial charge is 0.367 e. The fourth-order valence-corrected chi connectivity index (χ4v) is 1.55. The van der Waals surface area contributed by atoms with Gasteiger partial charge in [0.2, 0.25) is 0 Å². The van der Waals surface area contributed by atoms with Crippen molar-refractivity contribution in [3.8, 4) is 0 Å². The molecule has 0 radical (unpaired) electrons. The highest BCUT2D eigenvalue weighted by molar-refractivity contribution is 5.13. The van der Waals surface area contributed by atoms with E-state index >= 15 is 0 Å². The van der Waals surface area contributed by atoms with Gasteiger partial charge in [0.05, 0.1) is 0 Å². The van der Waals surface area contributed by atoms with Crippen LogP contribution < -0.4 is 5.32 Å². The first-order valence-corrected chi connectivity index (χ1v) is 5.24. The van der Waals surface area contributed by atoms with E-state index in [0.717, 1.165) is 6.54 Å². The third-order valence-electron chi connectivity index (χ3n) is 2.24. The Morgan fingerprint density at radius 3 is 2.77 bits per heavy atom. The lowest BCUT2D eigenvalue weighted by atomic mass is 10.1. The van der Waals surface area contributed by atoms with Crippen LogP contribution in [0.25, 0.3) is 0 Å². The van der Waals surface area contributed by atoms with Crippen LogP contribution in [0.3, 0.4) is 0 Å². The highest BCUT2D eigenvalue weighted by Crippen LogP contribution is 2.17. The lowest BCUT2D eigenvalue weighted by Gasteiger charge is -2.16. The third-order valence-corrected chi connectivity index (χ3v) is 2.24. The summed E-state index contributed by atoms with van der Waals surface area (Å²) < 4.78 is 0. The summed E-state index contributed by atoms with van der Waals surface area (Å²) in [7, 11) is 0. The van der Waals surface area contributed by atoms with Gasteiger partial charge in [-0.1, -0.05) is 20.3 Å². The normalized spacial score (nSPS) is 13.1. The van der Waals surface area contributed by atoms with Crippen LogP contribution in [0.15, 0.2) is 18.5 Å². The summed E-state index contributed by atoms with van der Waals surface area (Å²) in [5, 5.41) is 3.55. The molecule has 13 heavy (non-hydrogen) atoms. The fourth-order valence-electron chi connectivity index (χ4n) is 1.55. The number of rotatable bonds is 6. The molecule has 0 amide bonds. The zero-order valence-electron chi connectivity index (χ0n) is 8.64. The van der Waals surface area contributed by atoms with Gasteiger partial charge in [-0.25, -0.2) is 0 Å². The van der Waals surface area contributed by atoms with Crippen LogP contribution in [0.1, 0.15) is 44.7 Å². The molecule has 74 valence electrons. The van der Waals surface area contributed by atoms with E-state index in [9.17, 15) is 0 Å². The number of H-pyrrole nitrogens is 1. The molecule has 0 aliphatic heterocycles. The van der Waals surface area contributed by atoms with Gasteiger partial charge in [0.25, 0.3) is 0 Å². The second kappa shape index (κ2) is 5.81. The summed E-state index contributed by atoms with van der Waals surface area (Å²) in [4.78, 5) is 3.11. The first-order chi connectivity index (χ1) is 6.38. The average molecular weight is 180 g/mol. The zero-order valence-corrected chi connectivity index (χ0v) is 8.64. The van der Waals surface area contributed by atoms with Crippen molar-refractivity contribution in [2.45, 2.75) is 39.2 Å². The second-order valence-electron chi connectivity index (χ2n) is 3.44. The standard InChI is InChI=1S/C11H20N2/c1-3-5-11(13-7-4-2)10-6-8-12-9-10/h6,8-9,11-13H,3-5,7H2,1-2H3. The number of nitrogens with one attached hydrogen (secondary N) is 2. The van der Waals surface area contributed by atoms with Gasteiger partial charge in [-0.15, -0.1) is 0 Å². The summed E-state index contributed by atoms with van der Waals surface area (Å²) in [6.45, 7) is 5.54.